The molecule has 126 valence electrons. The summed E-state index contributed by atoms with van der Waals surface area (Å²) in [5.74, 6) is -0.247. The van der Waals surface area contributed by atoms with Crippen molar-refractivity contribution >= 4 is 35.0 Å². The molecule has 10 heteroatoms. The van der Waals surface area contributed by atoms with Crippen LogP contribution < -0.4 is 0 Å². The highest BCUT2D eigenvalue weighted by molar-refractivity contribution is 6.36. The summed E-state index contributed by atoms with van der Waals surface area (Å²) < 4.78 is 1.37. The summed E-state index contributed by atoms with van der Waals surface area (Å²) in [5, 5.41) is 11.5. The number of piperazine rings is 1. The molecule has 1 aromatic heterocycles. The lowest BCUT2D eigenvalue weighted by atomic mass is 10.1. The van der Waals surface area contributed by atoms with Crippen molar-refractivity contribution in [3.63, 3.8) is 0 Å². The van der Waals surface area contributed by atoms with Crippen LogP contribution in [0.15, 0.2) is 24.5 Å². The van der Waals surface area contributed by atoms with Gasteiger partial charge in [0.2, 0.25) is 5.91 Å². The minimum Gasteiger partial charge on any atom is -0.338 e. The van der Waals surface area contributed by atoms with Crippen LogP contribution in [0.1, 0.15) is 10.4 Å². The lowest BCUT2D eigenvalue weighted by molar-refractivity contribution is -0.133. The van der Waals surface area contributed by atoms with Crippen molar-refractivity contribution in [2.24, 2.45) is 0 Å². The Bertz CT molecular complexity index is 744. The number of carbonyl (C=O) groups is 2. The van der Waals surface area contributed by atoms with Crippen molar-refractivity contribution in [2.75, 3.05) is 26.2 Å². The molecule has 2 amide bonds. The predicted octanol–water partition coefficient (Wildman–Crippen LogP) is 0.965. The van der Waals surface area contributed by atoms with Gasteiger partial charge in [-0.25, -0.2) is 4.68 Å². The highest BCUT2D eigenvalue weighted by Crippen LogP contribution is 2.22. The predicted molar refractivity (Wildman–Crippen MR) is 86.8 cm³/mol. The standard InChI is InChI=1S/C14H14Cl2N6O2/c15-10-1-2-11(12(16)7-10)14(24)21-5-3-20(4-6-21)13(23)8-22-9-17-18-19-22/h1-2,7,9H,3-6,8H2. The molecule has 0 N–H and O–H groups in total. The topological polar surface area (TPSA) is 84.2 Å². The number of carbonyl (C=O) groups excluding carboxylic acids is 2. The average Bonchev–Trinajstić information content (AvgIpc) is 3.07. The second-order valence-electron chi connectivity index (χ2n) is 5.30. The Labute approximate surface area is 147 Å². The number of aromatic nitrogens is 4. The first-order chi connectivity index (χ1) is 11.5. The zero-order valence-corrected chi connectivity index (χ0v) is 14.1. The van der Waals surface area contributed by atoms with E-state index in [-0.39, 0.29) is 18.4 Å². The summed E-state index contributed by atoms with van der Waals surface area (Å²) in [6.07, 6.45) is 1.39. The summed E-state index contributed by atoms with van der Waals surface area (Å²) in [6.45, 7) is 1.89. The monoisotopic (exact) mass is 368 g/mol. The van der Waals surface area contributed by atoms with Gasteiger partial charge in [0.25, 0.3) is 5.91 Å². The van der Waals surface area contributed by atoms with Gasteiger partial charge in [-0.2, -0.15) is 0 Å². The molecule has 0 saturated carbocycles. The van der Waals surface area contributed by atoms with E-state index in [0.717, 1.165) is 0 Å². The maximum absolute atomic E-state index is 12.5. The van der Waals surface area contributed by atoms with Crippen molar-refractivity contribution in [1.82, 2.24) is 30.0 Å². The molecule has 0 radical (unpaired) electrons. The number of nitrogens with zero attached hydrogens (tertiary/aromatic N) is 6. The maximum atomic E-state index is 12.5. The third-order valence-electron chi connectivity index (χ3n) is 3.77. The smallest absolute Gasteiger partial charge is 0.255 e. The van der Waals surface area contributed by atoms with E-state index in [2.05, 4.69) is 15.5 Å². The summed E-state index contributed by atoms with van der Waals surface area (Å²) in [6, 6.07) is 4.79. The summed E-state index contributed by atoms with van der Waals surface area (Å²) in [4.78, 5) is 28.1. The van der Waals surface area contributed by atoms with Crippen molar-refractivity contribution in [2.45, 2.75) is 6.54 Å². The Morgan fingerprint density at radius 1 is 1.08 bits per heavy atom. The van der Waals surface area contributed by atoms with Crippen LogP contribution in [0.4, 0.5) is 0 Å². The Balaban J connectivity index is 1.58. The van der Waals surface area contributed by atoms with E-state index >= 15 is 0 Å². The maximum Gasteiger partial charge on any atom is 0.255 e. The molecule has 8 nitrogen and oxygen atoms in total. The zero-order chi connectivity index (χ0) is 17.1. The van der Waals surface area contributed by atoms with E-state index in [9.17, 15) is 9.59 Å². The molecular formula is C14H14Cl2N6O2. The van der Waals surface area contributed by atoms with Gasteiger partial charge in [-0.15, -0.1) is 5.10 Å². The minimum atomic E-state index is -0.163. The summed E-state index contributed by atoms with van der Waals surface area (Å²) in [7, 11) is 0. The molecule has 1 aliphatic heterocycles. The summed E-state index contributed by atoms with van der Waals surface area (Å²) in [5.41, 5.74) is 0.412. The average molecular weight is 369 g/mol. The number of benzene rings is 1. The molecule has 0 spiro atoms. The van der Waals surface area contributed by atoms with E-state index in [1.54, 1.807) is 28.0 Å². The minimum absolute atomic E-state index is 0.0843. The number of tetrazole rings is 1. The van der Waals surface area contributed by atoms with E-state index < -0.39 is 0 Å². The van der Waals surface area contributed by atoms with Crippen LogP contribution in [0.3, 0.4) is 0 Å². The van der Waals surface area contributed by atoms with E-state index in [4.69, 9.17) is 23.2 Å². The third-order valence-corrected chi connectivity index (χ3v) is 4.32. The lowest BCUT2D eigenvalue weighted by Crippen LogP contribution is -2.51. The molecule has 0 unspecified atom stereocenters. The molecule has 1 saturated heterocycles. The van der Waals surface area contributed by atoms with Crippen LogP contribution in [0.25, 0.3) is 0 Å². The Hall–Kier alpha value is -2.19. The van der Waals surface area contributed by atoms with Crippen molar-refractivity contribution < 1.29 is 9.59 Å². The third kappa shape index (κ3) is 3.65. The Morgan fingerprint density at radius 2 is 1.79 bits per heavy atom. The van der Waals surface area contributed by atoms with Gasteiger partial charge < -0.3 is 9.80 Å². The van der Waals surface area contributed by atoms with Gasteiger partial charge in [0.15, 0.2) is 0 Å². The largest absolute Gasteiger partial charge is 0.338 e. The number of halogens is 2. The molecule has 2 heterocycles. The van der Waals surface area contributed by atoms with Crippen LogP contribution in [0, 0.1) is 0 Å². The second kappa shape index (κ2) is 7.14. The fourth-order valence-corrected chi connectivity index (χ4v) is 2.97. The van der Waals surface area contributed by atoms with E-state index in [1.165, 1.54) is 11.0 Å². The second-order valence-corrected chi connectivity index (χ2v) is 6.15. The molecule has 1 fully saturated rings. The SMILES string of the molecule is O=C(Cn1cnnn1)N1CCN(C(=O)c2ccc(Cl)cc2Cl)CC1. The van der Waals surface area contributed by atoms with Gasteiger partial charge in [0, 0.05) is 31.2 Å². The molecule has 1 aromatic carbocycles. The Kier molecular flexibility index (Phi) is 4.96. The normalized spacial score (nSPS) is 14.8. The lowest BCUT2D eigenvalue weighted by Gasteiger charge is -2.34. The highest BCUT2D eigenvalue weighted by atomic mass is 35.5. The first-order valence-corrected chi connectivity index (χ1v) is 8.03. The summed E-state index contributed by atoms with van der Waals surface area (Å²) >= 11 is 11.9. The van der Waals surface area contributed by atoms with Gasteiger partial charge in [-0.1, -0.05) is 23.2 Å². The number of rotatable bonds is 3. The first kappa shape index (κ1) is 16.7. The van der Waals surface area contributed by atoms with E-state index in [1.807, 2.05) is 0 Å². The molecule has 2 aromatic rings. The van der Waals surface area contributed by atoms with Gasteiger partial charge in [0.05, 0.1) is 10.6 Å². The quantitative estimate of drug-likeness (QED) is 0.805. The van der Waals surface area contributed by atoms with Gasteiger partial charge in [-0.05, 0) is 28.6 Å². The van der Waals surface area contributed by atoms with Crippen LogP contribution >= 0.6 is 23.2 Å². The van der Waals surface area contributed by atoms with Crippen LogP contribution in [0.5, 0.6) is 0 Å². The van der Waals surface area contributed by atoms with Gasteiger partial charge in [-0.3, -0.25) is 9.59 Å². The molecule has 0 aliphatic carbocycles. The molecular weight excluding hydrogens is 355 g/mol. The molecule has 3 rings (SSSR count). The number of amides is 2. The highest BCUT2D eigenvalue weighted by Gasteiger charge is 2.26. The molecule has 24 heavy (non-hydrogen) atoms. The van der Waals surface area contributed by atoms with Crippen molar-refractivity contribution in [1.29, 1.82) is 0 Å². The molecule has 1 aliphatic rings. The van der Waals surface area contributed by atoms with Crippen LogP contribution in [0.2, 0.25) is 10.0 Å². The number of hydrogen-bond donors (Lipinski definition) is 0. The van der Waals surface area contributed by atoms with Gasteiger partial charge >= 0.3 is 0 Å². The van der Waals surface area contributed by atoms with Crippen LogP contribution in [-0.2, 0) is 11.3 Å². The number of hydrogen-bond acceptors (Lipinski definition) is 5. The van der Waals surface area contributed by atoms with Crippen LogP contribution in [-0.4, -0.2) is 68.0 Å². The van der Waals surface area contributed by atoms with E-state index in [0.29, 0.717) is 41.8 Å². The van der Waals surface area contributed by atoms with Gasteiger partial charge in [0.1, 0.15) is 12.9 Å². The fraction of sp³-hybridized carbons (Fsp3) is 0.357. The van der Waals surface area contributed by atoms with Crippen molar-refractivity contribution in [3.05, 3.63) is 40.1 Å². The first-order valence-electron chi connectivity index (χ1n) is 7.27. The Morgan fingerprint density at radius 3 is 2.42 bits per heavy atom. The zero-order valence-electron chi connectivity index (χ0n) is 12.6. The molecule has 0 bridgehead atoms. The molecule has 0 atom stereocenters. The fourth-order valence-electron chi connectivity index (χ4n) is 2.48. The van der Waals surface area contributed by atoms with Crippen molar-refractivity contribution in [3.8, 4) is 0 Å².